The van der Waals surface area contributed by atoms with E-state index in [1.165, 1.54) is 36.5 Å². The Kier molecular flexibility index (Phi) is 5.23. The van der Waals surface area contributed by atoms with E-state index in [0.717, 1.165) is 0 Å². The molecule has 2 aromatic rings. The third kappa shape index (κ3) is 4.30. The maximum absolute atomic E-state index is 13.8. The SMILES string of the molecule is O=C(CC(O)c1cccc(F)c1)NC1CCN(c2ncccc2F)C1. The minimum absolute atomic E-state index is 0.145. The molecule has 1 aromatic carbocycles. The first-order chi connectivity index (χ1) is 12.0. The van der Waals surface area contributed by atoms with Crippen molar-refractivity contribution < 1.29 is 18.7 Å². The topological polar surface area (TPSA) is 65.5 Å². The van der Waals surface area contributed by atoms with Gasteiger partial charge in [-0.15, -0.1) is 0 Å². The molecule has 25 heavy (non-hydrogen) atoms. The molecule has 0 aliphatic carbocycles. The van der Waals surface area contributed by atoms with E-state index in [4.69, 9.17) is 0 Å². The van der Waals surface area contributed by atoms with E-state index in [0.29, 0.717) is 25.1 Å². The van der Waals surface area contributed by atoms with E-state index in [1.807, 2.05) is 0 Å². The average Bonchev–Trinajstić information content (AvgIpc) is 3.03. The van der Waals surface area contributed by atoms with Gasteiger partial charge in [0, 0.05) is 25.3 Å². The number of benzene rings is 1. The van der Waals surface area contributed by atoms with Gasteiger partial charge in [0.2, 0.25) is 5.91 Å². The number of aliphatic hydroxyl groups excluding tert-OH is 1. The second-order valence-corrected chi connectivity index (χ2v) is 6.08. The fourth-order valence-electron chi connectivity index (χ4n) is 2.97. The molecule has 1 aliphatic rings. The summed E-state index contributed by atoms with van der Waals surface area (Å²) in [4.78, 5) is 17.9. The zero-order valence-corrected chi connectivity index (χ0v) is 13.5. The summed E-state index contributed by atoms with van der Waals surface area (Å²) in [6, 6.07) is 8.28. The first-order valence-electron chi connectivity index (χ1n) is 8.11. The van der Waals surface area contributed by atoms with E-state index in [2.05, 4.69) is 10.3 Å². The van der Waals surface area contributed by atoms with E-state index in [1.54, 1.807) is 11.0 Å². The van der Waals surface area contributed by atoms with Crippen molar-refractivity contribution in [3.05, 3.63) is 59.8 Å². The molecule has 1 aromatic heterocycles. The number of pyridine rings is 1. The second-order valence-electron chi connectivity index (χ2n) is 6.08. The van der Waals surface area contributed by atoms with Gasteiger partial charge in [0.15, 0.2) is 11.6 Å². The molecular formula is C18H19F2N3O2. The lowest BCUT2D eigenvalue weighted by atomic mass is 10.1. The second kappa shape index (κ2) is 7.57. The fraction of sp³-hybridized carbons (Fsp3) is 0.333. The van der Waals surface area contributed by atoms with Crippen molar-refractivity contribution in [1.82, 2.24) is 10.3 Å². The van der Waals surface area contributed by atoms with Gasteiger partial charge in [-0.3, -0.25) is 4.79 Å². The minimum atomic E-state index is -1.07. The Hall–Kier alpha value is -2.54. The Balaban J connectivity index is 1.53. The van der Waals surface area contributed by atoms with Gasteiger partial charge in [-0.25, -0.2) is 13.8 Å². The summed E-state index contributed by atoms with van der Waals surface area (Å²) in [5.41, 5.74) is 0.360. The lowest BCUT2D eigenvalue weighted by Gasteiger charge is -2.19. The molecule has 1 aliphatic heterocycles. The highest BCUT2D eigenvalue weighted by molar-refractivity contribution is 5.77. The van der Waals surface area contributed by atoms with Crippen molar-refractivity contribution in [2.45, 2.75) is 25.0 Å². The van der Waals surface area contributed by atoms with Crippen LogP contribution in [0.2, 0.25) is 0 Å². The highest BCUT2D eigenvalue weighted by atomic mass is 19.1. The largest absolute Gasteiger partial charge is 0.388 e. The van der Waals surface area contributed by atoms with Crippen LogP contribution in [0.5, 0.6) is 0 Å². The van der Waals surface area contributed by atoms with Gasteiger partial charge in [0.25, 0.3) is 0 Å². The van der Waals surface area contributed by atoms with Crippen molar-refractivity contribution in [3.63, 3.8) is 0 Å². The van der Waals surface area contributed by atoms with Gasteiger partial charge in [0.05, 0.1) is 12.5 Å². The van der Waals surface area contributed by atoms with Crippen LogP contribution in [0.15, 0.2) is 42.6 Å². The van der Waals surface area contributed by atoms with Gasteiger partial charge in [-0.2, -0.15) is 0 Å². The van der Waals surface area contributed by atoms with Gasteiger partial charge in [-0.05, 0) is 36.2 Å². The number of carbonyl (C=O) groups is 1. The van der Waals surface area contributed by atoms with Crippen LogP contribution < -0.4 is 10.2 Å². The van der Waals surface area contributed by atoms with E-state index in [9.17, 15) is 18.7 Å². The Morgan fingerprint density at radius 2 is 2.20 bits per heavy atom. The minimum Gasteiger partial charge on any atom is -0.388 e. The molecule has 3 rings (SSSR count). The Morgan fingerprint density at radius 1 is 1.36 bits per heavy atom. The normalized spacial score (nSPS) is 18.2. The molecule has 1 amide bonds. The van der Waals surface area contributed by atoms with Crippen LogP contribution in [0.3, 0.4) is 0 Å². The fourth-order valence-corrected chi connectivity index (χ4v) is 2.97. The number of hydrogen-bond donors (Lipinski definition) is 2. The molecular weight excluding hydrogens is 328 g/mol. The molecule has 0 bridgehead atoms. The summed E-state index contributed by atoms with van der Waals surface area (Å²) in [7, 11) is 0. The molecule has 0 saturated carbocycles. The molecule has 2 atom stereocenters. The van der Waals surface area contributed by atoms with Gasteiger partial charge >= 0.3 is 0 Å². The molecule has 1 saturated heterocycles. The van der Waals surface area contributed by atoms with Crippen LogP contribution in [-0.2, 0) is 4.79 Å². The molecule has 132 valence electrons. The van der Waals surface area contributed by atoms with Crippen LogP contribution >= 0.6 is 0 Å². The van der Waals surface area contributed by atoms with Crippen LogP contribution in [0.1, 0.15) is 24.5 Å². The maximum Gasteiger partial charge on any atom is 0.223 e. The van der Waals surface area contributed by atoms with Crippen LogP contribution in [0.25, 0.3) is 0 Å². The number of carbonyl (C=O) groups excluding carboxylic acids is 1. The van der Waals surface area contributed by atoms with Crippen LogP contribution in [0, 0.1) is 11.6 Å². The summed E-state index contributed by atoms with van der Waals surface area (Å²) >= 11 is 0. The van der Waals surface area contributed by atoms with Crippen molar-refractivity contribution in [3.8, 4) is 0 Å². The zero-order chi connectivity index (χ0) is 17.8. The van der Waals surface area contributed by atoms with E-state index >= 15 is 0 Å². The predicted octanol–water partition coefficient (Wildman–Crippen LogP) is 2.18. The number of aliphatic hydroxyl groups is 1. The number of aromatic nitrogens is 1. The Labute approximate surface area is 144 Å². The van der Waals surface area contributed by atoms with Crippen molar-refractivity contribution in [2.75, 3.05) is 18.0 Å². The first kappa shape index (κ1) is 17.3. The highest BCUT2D eigenvalue weighted by Crippen LogP contribution is 2.22. The molecule has 0 spiro atoms. The molecule has 1 fully saturated rings. The monoisotopic (exact) mass is 347 g/mol. The lowest BCUT2D eigenvalue weighted by molar-refractivity contribution is -0.123. The molecule has 2 N–H and O–H groups in total. The first-order valence-corrected chi connectivity index (χ1v) is 8.11. The standard InChI is InChI=1S/C18H19F2N3O2/c19-13-4-1-3-12(9-13)16(24)10-17(25)22-14-6-8-23(11-14)18-15(20)5-2-7-21-18/h1-5,7,9,14,16,24H,6,8,10-11H2,(H,22,25). The quantitative estimate of drug-likeness (QED) is 0.870. The molecule has 2 unspecified atom stereocenters. The van der Waals surface area contributed by atoms with Crippen molar-refractivity contribution in [2.24, 2.45) is 0 Å². The Morgan fingerprint density at radius 3 is 2.96 bits per heavy atom. The van der Waals surface area contributed by atoms with Gasteiger partial charge < -0.3 is 15.3 Å². The number of anilines is 1. The number of halogens is 2. The lowest BCUT2D eigenvalue weighted by Crippen LogP contribution is -2.37. The number of rotatable bonds is 5. The zero-order valence-electron chi connectivity index (χ0n) is 13.5. The van der Waals surface area contributed by atoms with E-state index < -0.39 is 17.7 Å². The third-order valence-corrected chi connectivity index (χ3v) is 4.20. The summed E-state index contributed by atoms with van der Waals surface area (Å²) < 4.78 is 26.9. The Bertz CT molecular complexity index is 757. The summed E-state index contributed by atoms with van der Waals surface area (Å²) in [6.07, 6.45) is 0.969. The van der Waals surface area contributed by atoms with Gasteiger partial charge in [0.1, 0.15) is 5.82 Å². The summed E-state index contributed by atoms with van der Waals surface area (Å²) in [5.74, 6) is -0.902. The average molecular weight is 347 g/mol. The molecule has 0 radical (unpaired) electrons. The maximum atomic E-state index is 13.8. The highest BCUT2D eigenvalue weighted by Gasteiger charge is 2.27. The molecule has 7 heteroatoms. The van der Waals surface area contributed by atoms with Crippen molar-refractivity contribution in [1.29, 1.82) is 0 Å². The molecule has 2 heterocycles. The summed E-state index contributed by atoms with van der Waals surface area (Å²) in [5, 5.41) is 12.9. The number of amides is 1. The number of nitrogens with one attached hydrogen (secondary N) is 1. The number of nitrogens with zero attached hydrogens (tertiary/aromatic N) is 2. The van der Waals surface area contributed by atoms with Crippen LogP contribution in [0.4, 0.5) is 14.6 Å². The van der Waals surface area contributed by atoms with Crippen LogP contribution in [-0.4, -0.2) is 35.1 Å². The van der Waals surface area contributed by atoms with Gasteiger partial charge in [-0.1, -0.05) is 12.1 Å². The third-order valence-electron chi connectivity index (χ3n) is 4.20. The van der Waals surface area contributed by atoms with Crippen molar-refractivity contribution >= 4 is 11.7 Å². The predicted molar refractivity (Wildman–Crippen MR) is 88.9 cm³/mol. The summed E-state index contributed by atoms with van der Waals surface area (Å²) in [6.45, 7) is 1.04. The molecule has 5 nitrogen and oxygen atoms in total. The smallest absolute Gasteiger partial charge is 0.223 e. The van der Waals surface area contributed by atoms with E-state index in [-0.39, 0.29) is 24.2 Å². The number of hydrogen-bond acceptors (Lipinski definition) is 4.